The number of aromatic nitrogens is 2. The minimum Gasteiger partial charge on any atom is -0.497 e. The monoisotopic (exact) mass is 426 g/mol. The maximum atomic E-state index is 12.3. The quantitative estimate of drug-likeness (QED) is 0.578. The average molecular weight is 426 g/mol. The van der Waals surface area contributed by atoms with Gasteiger partial charge in [0.15, 0.2) is 6.10 Å². The zero-order valence-corrected chi connectivity index (χ0v) is 17.0. The van der Waals surface area contributed by atoms with Gasteiger partial charge in [-0.15, -0.1) is 10.2 Å². The summed E-state index contributed by atoms with van der Waals surface area (Å²) in [5.74, 6) is 1.26. The van der Waals surface area contributed by atoms with Gasteiger partial charge in [-0.2, -0.15) is 0 Å². The molecule has 0 fully saturated rings. The fourth-order valence-electron chi connectivity index (χ4n) is 2.73. The third-order valence-corrected chi connectivity index (χ3v) is 5.08. The van der Waals surface area contributed by atoms with Gasteiger partial charge in [-0.25, -0.2) is 0 Å². The Morgan fingerprint density at radius 3 is 2.80 bits per heavy atom. The molecule has 0 spiro atoms. The lowest BCUT2D eigenvalue weighted by atomic mass is 10.2. The van der Waals surface area contributed by atoms with Gasteiger partial charge in [-0.1, -0.05) is 11.8 Å². The van der Waals surface area contributed by atoms with Crippen molar-refractivity contribution in [3.8, 4) is 23.0 Å². The SMILES string of the molecule is COc1ccc(-c2nnc(SCC(=O)Nc3ccc4c(c3)NC(=O)C(C)O4)o2)cc1. The van der Waals surface area contributed by atoms with Gasteiger partial charge in [0.2, 0.25) is 11.8 Å². The maximum absolute atomic E-state index is 12.3. The van der Waals surface area contributed by atoms with Gasteiger partial charge >= 0.3 is 0 Å². The largest absolute Gasteiger partial charge is 0.497 e. The summed E-state index contributed by atoms with van der Waals surface area (Å²) in [6.45, 7) is 1.67. The molecule has 30 heavy (non-hydrogen) atoms. The molecule has 0 aliphatic carbocycles. The molecule has 1 aromatic heterocycles. The molecule has 2 aromatic carbocycles. The second-order valence-electron chi connectivity index (χ2n) is 6.40. The Labute approximate surface area is 176 Å². The molecule has 9 nitrogen and oxygen atoms in total. The van der Waals surface area contributed by atoms with E-state index in [1.54, 1.807) is 44.4 Å². The van der Waals surface area contributed by atoms with Gasteiger partial charge in [-0.05, 0) is 49.4 Å². The first-order chi connectivity index (χ1) is 14.5. The Bertz CT molecular complexity index is 1080. The van der Waals surface area contributed by atoms with Crippen LogP contribution in [0.4, 0.5) is 11.4 Å². The van der Waals surface area contributed by atoms with Crippen LogP contribution >= 0.6 is 11.8 Å². The summed E-state index contributed by atoms with van der Waals surface area (Å²) >= 11 is 1.13. The summed E-state index contributed by atoms with van der Waals surface area (Å²) in [6, 6.07) is 12.3. The number of nitrogens with one attached hydrogen (secondary N) is 2. The van der Waals surface area contributed by atoms with Crippen molar-refractivity contribution in [3.05, 3.63) is 42.5 Å². The average Bonchev–Trinajstić information content (AvgIpc) is 3.22. The number of nitrogens with zero attached hydrogens (tertiary/aromatic N) is 2. The number of thioether (sulfide) groups is 1. The number of rotatable bonds is 6. The zero-order chi connectivity index (χ0) is 21.1. The summed E-state index contributed by atoms with van der Waals surface area (Å²) in [5.41, 5.74) is 1.82. The second kappa shape index (κ2) is 8.46. The van der Waals surface area contributed by atoms with E-state index in [0.717, 1.165) is 23.1 Å². The summed E-state index contributed by atoms with van der Waals surface area (Å²) in [4.78, 5) is 24.0. The number of carbonyl (C=O) groups excluding carboxylic acids is 2. The van der Waals surface area contributed by atoms with E-state index in [0.29, 0.717) is 23.0 Å². The third-order valence-electron chi connectivity index (χ3n) is 4.26. The molecule has 2 heterocycles. The van der Waals surface area contributed by atoms with E-state index in [2.05, 4.69) is 20.8 Å². The van der Waals surface area contributed by atoms with Gasteiger partial charge in [-0.3, -0.25) is 9.59 Å². The van der Waals surface area contributed by atoms with E-state index < -0.39 is 6.10 Å². The number of anilines is 2. The van der Waals surface area contributed by atoms with Crippen molar-refractivity contribution in [2.75, 3.05) is 23.5 Å². The molecule has 0 saturated heterocycles. The number of fused-ring (bicyclic) bond motifs is 1. The number of ether oxygens (including phenoxy) is 2. The maximum Gasteiger partial charge on any atom is 0.277 e. The highest BCUT2D eigenvalue weighted by Gasteiger charge is 2.23. The summed E-state index contributed by atoms with van der Waals surface area (Å²) in [6.07, 6.45) is -0.549. The highest BCUT2D eigenvalue weighted by Crippen LogP contribution is 2.32. The number of amides is 2. The van der Waals surface area contributed by atoms with Crippen LogP contribution < -0.4 is 20.1 Å². The predicted octanol–water partition coefficient (Wildman–Crippen LogP) is 3.20. The van der Waals surface area contributed by atoms with E-state index in [1.807, 2.05) is 12.1 Å². The molecule has 1 aliphatic rings. The standard InChI is InChI=1S/C20H18N4O5S/c1-11-18(26)22-15-9-13(5-8-16(15)28-11)21-17(25)10-30-20-24-23-19(29-20)12-3-6-14(27-2)7-4-12/h3-9,11H,10H2,1-2H3,(H,21,25)(H,22,26). The smallest absolute Gasteiger partial charge is 0.277 e. The Hall–Kier alpha value is -3.53. The van der Waals surface area contributed by atoms with Crippen molar-refractivity contribution in [3.63, 3.8) is 0 Å². The minimum atomic E-state index is -0.549. The van der Waals surface area contributed by atoms with Gasteiger partial charge in [0.1, 0.15) is 11.5 Å². The van der Waals surface area contributed by atoms with Crippen LogP contribution in [0, 0.1) is 0 Å². The van der Waals surface area contributed by atoms with E-state index >= 15 is 0 Å². The van der Waals surface area contributed by atoms with Crippen LogP contribution in [0.1, 0.15) is 6.92 Å². The number of methoxy groups -OCH3 is 1. The van der Waals surface area contributed by atoms with E-state index in [4.69, 9.17) is 13.9 Å². The molecule has 1 aliphatic heterocycles. The lowest BCUT2D eigenvalue weighted by Gasteiger charge is -2.23. The van der Waals surface area contributed by atoms with Crippen LogP contribution in [0.15, 0.2) is 52.1 Å². The highest BCUT2D eigenvalue weighted by atomic mass is 32.2. The normalized spacial score (nSPS) is 15.0. The molecule has 0 bridgehead atoms. The molecule has 1 atom stereocenters. The van der Waals surface area contributed by atoms with Crippen LogP contribution in [-0.2, 0) is 9.59 Å². The van der Waals surface area contributed by atoms with E-state index in [1.165, 1.54) is 0 Å². The van der Waals surface area contributed by atoms with Crippen molar-refractivity contribution < 1.29 is 23.5 Å². The van der Waals surface area contributed by atoms with Crippen molar-refractivity contribution >= 4 is 35.0 Å². The van der Waals surface area contributed by atoms with Crippen molar-refractivity contribution in [2.24, 2.45) is 0 Å². The molecule has 4 rings (SSSR count). The fourth-order valence-corrected chi connectivity index (χ4v) is 3.29. The van der Waals surface area contributed by atoms with Gasteiger partial charge in [0, 0.05) is 11.3 Å². The van der Waals surface area contributed by atoms with Crippen LogP contribution in [0.2, 0.25) is 0 Å². The highest BCUT2D eigenvalue weighted by molar-refractivity contribution is 7.99. The molecule has 2 N–H and O–H groups in total. The Kier molecular flexibility index (Phi) is 5.57. The van der Waals surface area contributed by atoms with Gasteiger partial charge in [0.25, 0.3) is 11.1 Å². The van der Waals surface area contributed by atoms with Crippen molar-refractivity contribution in [2.45, 2.75) is 18.3 Å². The number of benzene rings is 2. The summed E-state index contributed by atoms with van der Waals surface area (Å²) in [5, 5.41) is 13.8. The second-order valence-corrected chi connectivity index (χ2v) is 7.33. The topological polar surface area (TPSA) is 116 Å². The Balaban J connectivity index is 1.34. The molecule has 2 amide bonds. The van der Waals surface area contributed by atoms with Crippen LogP contribution in [0.25, 0.3) is 11.5 Å². The molecular weight excluding hydrogens is 408 g/mol. The van der Waals surface area contributed by atoms with Crippen LogP contribution in [0.5, 0.6) is 11.5 Å². The van der Waals surface area contributed by atoms with Crippen molar-refractivity contribution in [1.29, 1.82) is 0 Å². The molecule has 0 saturated carbocycles. The lowest BCUT2D eigenvalue weighted by Crippen LogP contribution is -2.34. The molecule has 0 radical (unpaired) electrons. The number of carbonyl (C=O) groups is 2. The third kappa shape index (κ3) is 4.38. The van der Waals surface area contributed by atoms with Crippen LogP contribution in [-0.4, -0.2) is 41.0 Å². The first kappa shape index (κ1) is 19.8. The molecule has 1 unspecified atom stereocenters. The molecule has 10 heteroatoms. The van der Waals surface area contributed by atoms with E-state index in [-0.39, 0.29) is 22.8 Å². The first-order valence-corrected chi connectivity index (χ1v) is 10.0. The molecular formula is C20H18N4O5S. The summed E-state index contributed by atoms with van der Waals surface area (Å²) < 4.78 is 16.2. The number of hydrogen-bond acceptors (Lipinski definition) is 8. The van der Waals surface area contributed by atoms with Crippen molar-refractivity contribution in [1.82, 2.24) is 10.2 Å². The van der Waals surface area contributed by atoms with E-state index in [9.17, 15) is 9.59 Å². The predicted molar refractivity (Wildman–Crippen MR) is 111 cm³/mol. The zero-order valence-electron chi connectivity index (χ0n) is 16.2. The van der Waals surface area contributed by atoms with Gasteiger partial charge < -0.3 is 24.5 Å². The minimum absolute atomic E-state index is 0.0845. The lowest BCUT2D eigenvalue weighted by molar-refractivity contribution is -0.122. The van der Waals surface area contributed by atoms with Crippen LogP contribution in [0.3, 0.4) is 0 Å². The Morgan fingerprint density at radius 1 is 1.23 bits per heavy atom. The number of hydrogen-bond donors (Lipinski definition) is 2. The fraction of sp³-hybridized carbons (Fsp3) is 0.200. The molecule has 154 valence electrons. The first-order valence-electron chi connectivity index (χ1n) is 9.04. The molecule has 3 aromatic rings. The van der Waals surface area contributed by atoms with Gasteiger partial charge in [0.05, 0.1) is 18.6 Å². The Morgan fingerprint density at radius 2 is 2.03 bits per heavy atom. The summed E-state index contributed by atoms with van der Waals surface area (Å²) in [7, 11) is 1.59.